The number of aromatic amines is 1. The number of nitrogens with zero attached hydrogens (tertiary/aromatic N) is 2. The van der Waals surface area contributed by atoms with Crippen molar-refractivity contribution in [3.8, 4) is 0 Å². The molecule has 3 aromatic rings. The van der Waals surface area contributed by atoms with Crippen molar-refractivity contribution in [1.29, 1.82) is 0 Å². The van der Waals surface area contributed by atoms with E-state index in [0.29, 0.717) is 0 Å². The molecule has 0 fully saturated rings. The van der Waals surface area contributed by atoms with Crippen LogP contribution in [0, 0.1) is 0 Å². The Balaban J connectivity index is 1.64. The lowest BCUT2D eigenvalue weighted by atomic mass is 10.1. The summed E-state index contributed by atoms with van der Waals surface area (Å²) < 4.78 is 2.03. The third-order valence-corrected chi connectivity index (χ3v) is 3.15. The molecule has 0 amide bonds. The number of rotatable bonds is 4. The Morgan fingerprint density at radius 2 is 2.22 bits per heavy atom. The molecular weight excluding hydrogens is 224 g/mol. The van der Waals surface area contributed by atoms with Crippen LogP contribution in [0.2, 0.25) is 0 Å². The molecular formula is C14H16N4. The summed E-state index contributed by atoms with van der Waals surface area (Å²) in [4.78, 5) is 7.51. The molecule has 1 aromatic carbocycles. The second kappa shape index (κ2) is 4.66. The zero-order chi connectivity index (χ0) is 12.4. The summed E-state index contributed by atoms with van der Waals surface area (Å²) in [7, 11) is 2.01. The fraction of sp³-hybridized carbons (Fsp3) is 0.214. The van der Waals surface area contributed by atoms with E-state index < -0.39 is 0 Å². The van der Waals surface area contributed by atoms with E-state index in [1.54, 1.807) is 0 Å². The normalized spacial score (nSPS) is 11.2. The number of fused-ring (bicyclic) bond motifs is 1. The van der Waals surface area contributed by atoms with Gasteiger partial charge >= 0.3 is 0 Å². The lowest BCUT2D eigenvalue weighted by molar-refractivity contribution is 0.639. The quantitative estimate of drug-likeness (QED) is 0.734. The molecule has 2 heterocycles. The zero-order valence-electron chi connectivity index (χ0n) is 10.4. The Labute approximate surface area is 106 Å². The van der Waals surface area contributed by atoms with E-state index in [-0.39, 0.29) is 0 Å². The van der Waals surface area contributed by atoms with E-state index in [2.05, 4.69) is 39.6 Å². The fourth-order valence-corrected chi connectivity index (χ4v) is 2.09. The van der Waals surface area contributed by atoms with Crippen LogP contribution in [0.3, 0.4) is 0 Å². The molecule has 2 aromatic heterocycles. The van der Waals surface area contributed by atoms with Crippen LogP contribution in [-0.4, -0.2) is 14.5 Å². The number of aryl methyl sites for hydroxylation is 1. The zero-order valence-corrected chi connectivity index (χ0v) is 10.4. The highest BCUT2D eigenvalue weighted by Crippen LogP contribution is 2.13. The highest BCUT2D eigenvalue weighted by atomic mass is 15.1. The first-order valence-corrected chi connectivity index (χ1v) is 6.06. The average Bonchev–Trinajstić information content (AvgIpc) is 2.98. The highest BCUT2D eigenvalue weighted by Gasteiger charge is 2.00. The topological polar surface area (TPSA) is 45.6 Å². The SMILES string of the molecule is Cn1ccnc1CNCc1ccc2cc[nH]c2c1. The van der Waals surface area contributed by atoms with Crippen LogP contribution < -0.4 is 5.32 Å². The van der Waals surface area contributed by atoms with Crippen molar-refractivity contribution >= 4 is 10.9 Å². The van der Waals surface area contributed by atoms with Gasteiger partial charge in [-0.15, -0.1) is 0 Å². The lowest BCUT2D eigenvalue weighted by Gasteiger charge is -2.05. The van der Waals surface area contributed by atoms with Crippen molar-refractivity contribution < 1.29 is 0 Å². The third kappa shape index (κ3) is 2.15. The molecule has 92 valence electrons. The first-order chi connectivity index (χ1) is 8.83. The Bertz CT molecular complexity index is 650. The number of aromatic nitrogens is 3. The number of nitrogens with one attached hydrogen (secondary N) is 2. The van der Waals surface area contributed by atoms with Gasteiger partial charge in [-0.25, -0.2) is 4.98 Å². The monoisotopic (exact) mass is 240 g/mol. The number of benzene rings is 1. The molecule has 0 spiro atoms. The number of H-pyrrole nitrogens is 1. The Kier molecular flexibility index (Phi) is 2.86. The van der Waals surface area contributed by atoms with E-state index in [1.165, 1.54) is 16.5 Å². The van der Waals surface area contributed by atoms with Crippen LogP contribution in [0.4, 0.5) is 0 Å². The van der Waals surface area contributed by atoms with Gasteiger partial charge in [-0.3, -0.25) is 0 Å². The van der Waals surface area contributed by atoms with Crippen molar-refractivity contribution in [2.75, 3.05) is 0 Å². The van der Waals surface area contributed by atoms with Crippen LogP contribution in [0.1, 0.15) is 11.4 Å². The van der Waals surface area contributed by atoms with Gasteiger partial charge in [0.15, 0.2) is 0 Å². The molecule has 0 atom stereocenters. The lowest BCUT2D eigenvalue weighted by Crippen LogP contribution is -2.15. The summed E-state index contributed by atoms with van der Waals surface area (Å²) >= 11 is 0. The maximum absolute atomic E-state index is 4.28. The molecule has 0 aliphatic heterocycles. The van der Waals surface area contributed by atoms with Crippen LogP contribution in [0.15, 0.2) is 42.9 Å². The van der Waals surface area contributed by atoms with E-state index >= 15 is 0 Å². The van der Waals surface area contributed by atoms with Crippen molar-refractivity contribution in [2.24, 2.45) is 7.05 Å². The minimum Gasteiger partial charge on any atom is -0.361 e. The molecule has 0 radical (unpaired) electrons. The van der Waals surface area contributed by atoms with Gasteiger partial charge in [0, 0.05) is 37.7 Å². The minimum absolute atomic E-state index is 0.784. The van der Waals surface area contributed by atoms with E-state index in [9.17, 15) is 0 Å². The third-order valence-electron chi connectivity index (χ3n) is 3.15. The van der Waals surface area contributed by atoms with Gasteiger partial charge in [0.2, 0.25) is 0 Å². The molecule has 2 N–H and O–H groups in total. The van der Waals surface area contributed by atoms with Gasteiger partial charge in [-0.05, 0) is 23.1 Å². The average molecular weight is 240 g/mol. The van der Waals surface area contributed by atoms with E-state index in [1.807, 2.05) is 30.2 Å². The van der Waals surface area contributed by atoms with Gasteiger partial charge < -0.3 is 14.9 Å². The molecule has 0 saturated carbocycles. The smallest absolute Gasteiger partial charge is 0.122 e. The van der Waals surface area contributed by atoms with Crippen LogP contribution in [-0.2, 0) is 20.1 Å². The van der Waals surface area contributed by atoms with Crippen molar-refractivity contribution in [3.63, 3.8) is 0 Å². The number of imidazole rings is 1. The fourth-order valence-electron chi connectivity index (χ4n) is 2.09. The molecule has 3 rings (SSSR count). The van der Waals surface area contributed by atoms with Gasteiger partial charge in [0.25, 0.3) is 0 Å². The second-order valence-electron chi connectivity index (χ2n) is 4.46. The molecule has 18 heavy (non-hydrogen) atoms. The van der Waals surface area contributed by atoms with Gasteiger partial charge in [-0.2, -0.15) is 0 Å². The first kappa shape index (κ1) is 11.0. The Morgan fingerprint density at radius 3 is 3.06 bits per heavy atom. The number of hydrogen-bond acceptors (Lipinski definition) is 2. The molecule has 0 unspecified atom stereocenters. The van der Waals surface area contributed by atoms with Gasteiger partial charge in [0.1, 0.15) is 5.82 Å². The Hall–Kier alpha value is -2.07. The molecule has 4 heteroatoms. The highest BCUT2D eigenvalue weighted by molar-refractivity contribution is 5.79. The maximum Gasteiger partial charge on any atom is 0.122 e. The van der Waals surface area contributed by atoms with Crippen molar-refractivity contribution in [3.05, 3.63) is 54.2 Å². The van der Waals surface area contributed by atoms with E-state index in [4.69, 9.17) is 0 Å². The van der Waals surface area contributed by atoms with E-state index in [0.717, 1.165) is 18.9 Å². The summed E-state index contributed by atoms with van der Waals surface area (Å²) in [6, 6.07) is 8.56. The largest absolute Gasteiger partial charge is 0.361 e. The second-order valence-corrected chi connectivity index (χ2v) is 4.46. The number of hydrogen-bond donors (Lipinski definition) is 2. The van der Waals surface area contributed by atoms with Crippen LogP contribution in [0.5, 0.6) is 0 Å². The predicted molar refractivity (Wildman–Crippen MR) is 72.1 cm³/mol. The maximum atomic E-state index is 4.28. The first-order valence-electron chi connectivity index (χ1n) is 6.06. The summed E-state index contributed by atoms with van der Waals surface area (Å²) in [5, 5.41) is 4.66. The molecule has 4 nitrogen and oxygen atoms in total. The standard InChI is InChI=1S/C14H16N4/c1-18-7-6-17-14(18)10-15-9-11-2-3-12-4-5-16-13(12)8-11/h2-8,15-16H,9-10H2,1H3. The molecule has 0 bridgehead atoms. The molecule has 0 aliphatic carbocycles. The molecule has 0 saturated heterocycles. The summed E-state index contributed by atoms with van der Waals surface area (Å²) in [5.74, 6) is 1.05. The predicted octanol–water partition coefficient (Wildman–Crippen LogP) is 2.19. The van der Waals surface area contributed by atoms with Crippen molar-refractivity contribution in [2.45, 2.75) is 13.1 Å². The molecule has 0 aliphatic rings. The van der Waals surface area contributed by atoms with Crippen LogP contribution in [0.25, 0.3) is 10.9 Å². The summed E-state index contributed by atoms with van der Waals surface area (Å²) in [6.45, 7) is 1.63. The van der Waals surface area contributed by atoms with Gasteiger partial charge in [0.05, 0.1) is 6.54 Å². The summed E-state index contributed by atoms with van der Waals surface area (Å²) in [5.41, 5.74) is 2.46. The Morgan fingerprint density at radius 1 is 1.28 bits per heavy atom. The van der Waals surface area contributed by atoms with Crippen molar-refractivity contribution in [1.82, 2.24) is 19.9 Å². The van der Waals surface area contributed by atoms with Gasteiger partial charge in [-0.1, -0.05) is 12.1 Å². The minimum atomic E-state index is 0.784. The van der Waals surface area contributed by atoms with Crippen LogP contribution >= 0.6 is 0 Å². The summed E-state index contributed by atoms with van der Waals surface area (Å²) in [6.07, 6.45) is 5.75.